The standard InChI is InChI=1S/C21H27N2O3P/c1-4-25-27(24,26-5-2)16-20-19-12-11-18(17-9-7-6-8-10-17)15-21(19)23(3)14-13-22-20/h6-12,15H,4-5,13-14,16H2,1-3H3. The van der Waals surface area contributed by atoms with Crippen molar-refractivity contribution in [1.82, 2.24) is 0 Å². The molecule has 0 bridgehead atoms. The molecule has 0 N–H and O–H groups in total. The summed E-state index contributed by atoms with van der Waals surface area (Å²) in [4.78, 5) is 6.91. The molecule has 144 valence electrons. The molecule has 1 aliphatic rings. The predicted molar refractivity (Wildman–Crippen MR) is 112 cm³/mol. The molecular weight excluding hydrogens is 359 g/mol. The van der Waals surface area contributed by atoms with E-state index in [2.05, 4.69) is 42.3 Å². The van der Waals surface area contributed by atoms with Crippen LogP contribution in [0.15, 0.2) is 53.5 Å². The van der Waals surface area contributed by atoms with Gasteiger partial charge in [-0.3, -0.25) is 9.56 Å². The summed E-state index contributed by atoms with van der Waals surface area (Å²) in [6, 6.07) is 16.6. The van der Waals surface area contributed by atoms with Crippen molar-refractivity contribution in [2.75, 3.05) is 44.4 Å². The SMILES string of the molecule is CCOP(=O)(CC1=NCCN(C)c2cc(-c3ccccc3)ccc21)OCC. The number of nitrogens with zero attached hydrogens (tertiary/aromatic N) is 2. The average molecular weight is 386 g/mol. The van der Waals surface area contributed by atoms with E-state index in [0.29, 0.717) is 19.8 Å². The molecule has 5 nitrogen and oxygen atoms in total. The third-order valence-electron chi connectivity index (χ3n) is 4.56. The third-order valence-corrected chi connectivity index (χ3v) is 6.55. The summed E-state index contributed by atoms with van der Waals surface area (Å²) in [5.74, 6) is 0. The van der Waals surface area contributed by atoms with E-state index < -0.39 is 7.60 Å². The lowest BCUT2D eigenvalue weighted by atomic mass is 10.00. The van der Waals surface area contributed by atoms with Gasteiger partial charge in [0.2, 0.25) is 0 Å². The van der Waals surface area contributed by atoms with Crippen LogP contribution in [0.25, 0.3) is 11.1 Å². The number of benzodiazepines with no additional fused rings is 1. The summed E-state index contributed by atoms with van der Waals surface area (Å²) in [7, 11) is -1.14. The zero-order valence-electron chi connectivity index (χ0n) is 16.2. The van der Waals surface area contributed by atoms with Crippen molar-refractivity contribution in [1.29, 1.82) is 0 Å². The van der Waals surface area contributed by atoms with Gasteiger partial charge < -0.3 is 13.9 Å². The molecule has 0 spiro atoms. The third kappa shape index (κ3) is 4.67. The minimum Gasteiger partial charge on any atom is -0.372 e. The highest BCUT2D eigenvalue weighted by molar-refractivity contribution is 7.55. The molecule has 0 saturated carbocycles. The first-order chi connectivity index (χ1) is 13.1. The Kier molecular flexibility index (Phi) is 6.48. The molecule has 0 aliphatic carbocycles. The van der Waals surface area contributed by atoms with Crippen molar-refractivity contribution < 1.29 is 13.6 Å². The van der Waals surface area contributed by atoms with Gasteiger partial charge in [0, 0.05) is 24.8 Å². The molecule has 6 heteroatoms. The topological polar surface area (TPSA) is 51.1 Å². The number of benzene rings is 2. The van der Waals surface area contributed by atoms with Crippen molar-refractivity contribution in [3.8, 4) is 11.1 Å². The Morgan fingerprint density at radius 3 is 2.41 bits per heavy atom. The smallest absolute Gasteiger partial charge is 0.336 e. The zero-order valence-corrected chi connectivity index (χ0v) is 17.1. The lowest BCUT2D eigenvalue weighted by Gasteiger charge is -2.22. The van der Waals surface area contributed by atoms with Gasteiger partial charge in [0.15, 0.2) is 0 Å². The summed E-state index contributed by atoms with van der Waals surface area (Å²) >= 11 is 0. The van der Waals surface area contributed by atoms with Crippen LogP contribution >= 0.6 is 7.60 Å². The molecule has 2 aromatic carbocycles. The van der Waals surface area contributed by atoms with Gasteiger partial charge >= 0.3 is 7.60 Å². The maximum atomic E-state index is 13.0. The second-order valence-corrected chi connectivity index (χ2v) is 8.51. The van der Waals surface area contributed by atoms with Gasteiger partial charge in [0.05, 0.1) is 31.6 Å². The first-order valence-corrected chi connectivity index (χ1v) is 11.1. The average Bonchev–Trinajstić information content (AvgIpc) is 2.82. The molecule has 0 fully saturated rings. The largest absolute Gasteiger partial charge is 0.372 e. The van der Waals surface area contributed by atoms with Crippen molar-refractivity contribution in [3.05, 3.63) is 54.1 Å². The van der Waals surface area contributed by atoms with Crippen LogP contribution in [0.1, 0.15) is 19.4 Å². The van der Waals surface area contributed by atoms with E-state index in [0.717, 1.165) is 29.1 Å². The molecule has 0 atom stereocenters. The highest BCUT2D eigenvalue weighted by atomic mass is 31.2. The van der Waals surface area contributed by atoms with E-state index in [-0.39, 0.29) is 6.16 Å². The molecule has 0 aromatic heterocycles. The molecule has 3 rings (SSSR count). The summed E-state index contributed by atoms with van der Waals surface area (Å²) in [5.41, 5.74) is 5.20. The van der Waals surface area contributed by atoms with Gasteiger partial charge in [0.25, 0.3) is 0 Å². The lowest BCUT2D eigenvalue weighted by molar-refractivity contribution is 0.223. The number of likely N-dealkylation sites (N-methyl/N-ethyl adjacent to an activating group) is 1. The predicted octanol–water partition coefficient (Wildman–Crippen LogP) is 4.86. The number of fused-ring (bicyclic) bond motifs is 1. The van der Waals surface area contributed by atoms with Gasteiger partial charge in [-0.15, -0.1) is 0 Å². The van der Waals surface area contributed by atoms with Gasteiger partial charge in [-0.1, -0.05) is 42.5 Å². The Hall–Kier alpha value is -1.94. The fourth-order valence-electron chi connectivity index (χ4n) is 3.28. The minimum absolute atomic E-state index is 0.195. The number of anilines is 1. The van der Waals surface area contributed by atoms with Gasteiger partial charge in [-0.25, -0.2) is 0 Å². The summed E-state index contributed by atoms with van der Waals surface area (Å²) in [5, 5.41) is 0. The molecule has 0 radical (unpaired) electrons. The number of aliphatic imine (C=N–C) groups is 1. The minimum atomic E-state index is -3.20. The second-order valence-electron chi connectivity index (χ2n) is 6.45. The maximum absolute atomic E-state index is 13.0. The highest BCUT2D eigenvalue weighted by Gasteiger charge is 2.29. The number of hydrogen-bond donors (Lipinski definition) is 0. The Balaban J connectivity index is 1.98. The van der Waals surface area contributed by atoms with Crippen LogP contribution in [0, 0.1) is 0 Å². The van der Waals surface area contributed by atoms with Crippen LogP contribution < -0.4 is 4.90 Å². The molecule has 0 unspecified atom stereocenters. The molecule has 0 saturated heterocycles. The van der Waals surface area contributed by atoms with E-state index in [1.165, 1.54) is 5.56 Å². The van der Waals surface area contributed by atoms with Crippen molar-refractivity contribution in [2.24, 2.45) is 4.99 Å². The van der Waals surface area contributed by atoms with E-state index in [4.69, 9.17) is 14.0 Å². The number of rotatable bonds is 7. The fourth-order valence-corrected chi connectivity index (χ4v) is 4.96. The van der Waals surface area contributed by atoms with Crippen molar-refractivity contribution in [3.63, 3.8) is 0 Å². The van der Waals surface area contributed by atoms with E-state index in [1.54, 1.807) is 0 Å². The van der Waals surface area contributed by atoms with Crippen LogP contribution in [0.3, 0.4) is 0 Å². The fraction of sp³-hybridized carbons (Fsp3) is 0.381. The Morgan fingerprint density at radius 1 is 1.04 bits per heavy atom. The summed E-state index contributed by atoms with van der Waals surface area (Å²) in [6.45, 7) is 5.82. The Bertz CT molecular complexity index is 842. The van der Waals surface area contributed by atoms with Crippen LogP contribution in [0.5, 0.6) is 0 Å². The highest BCUT2D eigenvalue weighted by Crippen LogP contribution is 2.49. The van der Waals surface area contributed by atoms with Crippen molar-refractivity contribution in [2.45, 2.75) is 13.8 Å². The first-order valence-electron chi connectivity index (χ1n) is 9.38. The van der Waals surface area contributed by atoms with E-state index >= 15 is 0 Å². The molecule has 1 aliphatic heterocycles. The van der Waals surface area contributed by atoms with E-state index in [9.17, 15) is 4.57 Å². The number of hydrogen-bond acceptors (Lipinski definition) is 5. The van der Waals surface area contributed by atoms with Crippen LogP contribution in [-0.2, 0) is 13.6 Å². The normalized spacial score (nSPS) is 14.5. The summed E-state index contributed by atoms with van der Waals surface area (Å²) < 4.78 is 24.0. The maximum Gasteiger partial charge on any atom is 0.336 e. The second kappa shape index (κ2) is 8.83. The van der Waals surface area contributed by atoms with Crippen LogP contribution in [0.4, 0.5) is 5.69 Å². The monoisotopic (exact) mass is 386 g/mol. The molecule has 2 aromatic rings. The van der Waals surface area contributed by atoms with Gasteiger partial charge in [-0.05, 0) is 31.0 Å². The molecule has 27 heavy (non-hydrogen) atoms. The quantitative estimate of drug-likeness (QED) is 0.638. The van der Waals surface area contributed by atoms with Crippen molar-refractivity contribution >= 4 is 19.0 Å². The van der Waals surface area contributed by atoms with E-state index in [1.807, 2.05) is 32.0 Å². The summed E-state index contributed by atoms with van der Waals surface area (Å²) in [6.07, 6.45) is 0.195. The zero-order chi connectivity index (χ0) is 19.3. The van der Waals surface area contributed by atoms with Gasteiger partial charge in [0.1, 0.15) is 0 Å². The Morgan fingerprint density at radius 2 is 1.74 bits per heavy atom. The molecular formula is C21H27N2O3P. The Labute approximate surface area is 161 Å². The van der Waals surface area contributed by atoms with Crippen LogP contribution in [-0.4, -0.2) is 45.2 Å². The molecule has 0 amide bonds. The van der Waals surface area contributed by atoms with Crippen LogP contribution in [0.2, 0.25) is 0 Å². The lowest BCUT2D eigenvalue weighted by Crippen LogP contribution is -2.20. The molecule has 1 heterocycles. The van der Waals surface area contributed by atoms with Gasteiger partial charge in [-0.2, -0.15) is 0 Å². The first kappa shape index (κ1) is 19.8.